The first-order chi connectivity index (χ1) is 12.0. The van der Waals surface area contributed by atoms with Crippen LogP contribution >= 0.6 is 23.5 Å². The Morgan fingerprint density at radius 1 is 1.16 bits per heavy atom. The summed E-state index contributed by atoms with van der Waals surface area (Å²) in [4.78, 5) is 11.1. The number of phenols is 1. The molecule has 140 valence electrons. The molecule has 0 radical (unpaired) electrons. The molecule has 0 spiro atoms. The van der Waals surface area contributed by atoms with Crippen molar-refractivity contribution in [2.45, 2.75) is 36.7 Å². The zero-order valence-electron chi connectivity index (χ0n) is 15.0. The number of ether oxygens (including phenoxy) is 3. The van der Waals surface area contributed by atoms with Crippen LogP contribution in [0, 0.1) is 0 Å². The number of esters is 1. The van der Waals surface area contributed by atoms with Crippen molar-refractivity contribution in [1.82, 2.24) is 0 Å². The van der Waals surface area contributed by atoms with Gasteiger partial charge in [0.05, 0.1) is 24.9 Å². The van der Waals surface area contributed by atoms with Gasteiger partial charge in [-0.2, -0.15) is 0 Å². The van der Waals surface area contributed by atoms with Crippen molar-refractivity contribution in [3.63, 3.8) is 0 Å². The monoisotopic (exact) mass is 386 g/mol. The molecule has 2 rings (SSSR count). The maximum absolute atomic E-state index is 11.1. The maximum atomic E-state index is 11.1. The van der Waals surface area contributed by atoms with Gasteiger partial charge in [0.15, 0.2) is 11.5 Å². The number of rotatable bonds is 8. The molecule has 7 heteroatoms. The van der Waals surface area contributed by atoms with E-state index in [9.17, 15) is 9.90 Å². The average Bonchev–Trinajstić information content (AvgIpc) is 2.61. The minimum absolute atomic E-state index is 0.0275. The molecule has 0 aromatic heterocycles. The first-order valence-corrected chi connectivity index (χ1v) is 10.3. The van der Waals surface area contributed by atoms with Crippen LogP contribution in [0.4, 0.5) is 0 Å². The smallest absolute Gasteiger partial charge is 0.302 e. The van der Waals surface area contributed by atoms with Crippen molar-refractivity contribution >= 4 is 29.5 Å². The number of methoxy groups -OCH3 is 2. The molecule has 1 aliphatic heterocycles. The van der Waals surface area contributed by atoms with E-state index in [0.29, 0.717) is 18.1 Å². The second kappa shape index (κ2) is 9.48. The van der Waals surface area contributed by atoms with Gasteiger partial charge in [-0.1, -0.05) is 0 Å². The van der Waals surface area contributed by atoms with Gasteiger partial charge < -0.3 is 19.3 Å². The third-order valence-corrected chi connectivity index (χ3v) is 7.70. The van der Waals surface area contributed by atoms with Gasteiger partial charge in [0.25, 0.3) is 0 Å². The standard InChI is InChI=1S/C18H26O5S2/c1-13(19)23-8-7-18(24-9-4-10-25-18)6-5-14-11-15(21-2)17(20)16(12-14)22-3/h11-12,20H,4-10H2,1-3H3. The van der Waals surface area contributed by atoms with E-state index < -0.39 is 0 Å². The van der Waals surface area contributed by atoms with Crippen LogP contribution in [0.5, 0.6) is 17.2 Å². The number of aryl methyl sites for hydroxylation is 1. The highest BCUT2D eigenvalue weighted by molar-refractivity contribution is 8.18. The fourth-order valence-electron chi connectivity index (χ4n) is 2.81. The third kappa shape index (κ3) is 5.64. The number of hydrogen-bond donors (Lipinski definition) is 1. The van der Waals surface area contributed by atoms with Crippen molar-refractivity contribution in [3.8, 4) is 17.2 Å². The summed E-state index contributed by atoms with van der Waals surface area (Å²) in [5, 5.41) is 10.0. The van der Waals surface area contributed by atoms with Crippen LogP contribution in [0.25, 0.3) is 0 Å². The normalized spacial score (nSPS) is 16.3. The van der Waals surface area contributed by atoms with Gasteiger partial charge in [0, 0.05) is 13.3 Å². The van der Waals surface area contributed by atoms with Gasteiger partial charge >= 0.3 is 5.97 Å². The fourth-order valence-corrected chi connectivity index (χ4v) is 6.09. The lowest BCUT2D eigenvalue weighted by Gasteiger charge is -2.36. The highest BCUT2D eigenvalue weighted by atomic mass is 32.2. The zero-order valence-corrected chi connectivity index (χ0v) is 16.6. The number of phenolic OH excluding ortho intramolecular Hbond substituents is 1. The molecule has 0 bridgehead atoms. The molecule has 0 unspecified atom stereocenters. The quantitative estimate of drug-likeness (QED) is 0.681. The number of aromatic hydroxyl groups is 1. The summed E-state index contributed by atoms with van der Waals surface area (Å²) in [5.74, 6) is 2.91. The van der Waals surface area contributed by atoms with Crippen LogP contribution in [0.1, 0.15) is 31.7 Å². The summed E-state index contributed by atoms with van der Waals surface area (Å²) in [6.07, 6.45) is 3.85. The number of carbonyl (C=O) groups excluding carboxylic acids is 1. The van der Waals surface area contributed by atoms with Gasteiger partial charge in [0.1, 0.15) is 0 Å². The Labute approximate surface area is 157 Å². The minimum Gasteiger partial charge on any atom is -0.502 e. The molecule has 0 amide bonds. The molecule has 25 heavy (non-hydrogen) atoms. The molecular weight excluding hydrogens is 360 g/mol. The largest absolute Gasteiger partial charge is 0.502 e. The number of thioether (sulfide) groups is 2. The predicted molar refractivity (Wildman–Crippen MR) is 103 cm³/mol. The molecule has 5 nitrogen and oxygen atoms in total. The lowest BCUT2D eigenvalue weighted by Crippen LogP contribution is -2.28. The molecule has 1 heterocycles. The van der Waals surface area contributed by atoms with Crippen molar-refractivity contribution in [2.75, 3.05) is 32.3 Å². The molecule has 1 N–H and O–H groups in total. The summed E-state index contributed by atoms with van der Waals surface area (Å²) in [6.45, 7) is 1.90. The van der Waals surface area contributed by atoms with Gasteiger partial charge in [-0.25, -0.2) is 0 Å². The molecular formula is C18H26O5S2. The van der Waals surface area contributed by atoms with Crippen molar-refractivity contribution < 1.29 is 24.1 Å². The van der Waals surface area contributed by atoms with Gasteiger partial charge in [-0.05, 0) is 48.5 Å². The van der Waals surface area contributed by atoms with Crippen LogP contribution in [0.2, 0.25) is 0 Å². The second-order valence-electron chi connectivity index (χ2n) is 5.90. The molecule has 1 aromatic carbocycles. The van der Waals surface area contributed by atoms with E-state index in [-0.39, 0.29) is 15.8 Å². The molecule has 0 aliphatic carbocycles. The van der Waals surface area contributed by atoms with Crippen LogP contribution < -0.4 is 9.47 Å². The lowest BCUT2D eigenvalue weighted by molar-refractivity contribution is -0.141. The summed E-state index contributed by atoms with van der Waals surface area (Å²) in [6, 6.07) is 3.71. The molecule has 0 atom stereocenters. The Morgan fingerprint density at radius 2 is 1.76 bits per heavy atom. The predicted octanol–water partition coefficient (Wildman–Crippen LogP) is 3.86. The Morgan fingerprint density at radius 3 is 2.28 bits per heavy atom. The number of benzene rings is 1. The number of carbonyl (C=O) groups is 1. The van der Waals surface area contributed by atoms with E-state index in [1.54, 1.807) is 0 Å². The summed E-state index contributed by atoms with van der Waals surface area (Å²) in [7, 11) is 3.07. The van der Waals surface area contributed by atoms with Crippen molar-refractivity contribution in [3.05, 3.63) is 17.7 Å². The first-order valence-electron chi connectivity index (χ1n) is 8.35. The van der Waals surface area contributed by atoms with Crippen molar-refractivity contribution in [2.24, 2.45) is 0 Å². The maximum Gasteiger partial charge on any atom is 0.302 e. The SMILES string of the molecule is COc1cc(CCC2(CCOC(C)=O)SCCCS2)cc(OC)c1O. The highest BCUT2D eigenvalue weighted by Gasteiger charge is 2.33. The Hall–Kier alpha value is -1.21. The highest BCUT2D eigenvalue weighted by Crippen LogP contribution is 2.48. The lowest BCUT2D eigenvalue weighted by atomic mass is 10.0. The van der Waals surface area contributed by atoms with E-state index in [1.807, 2.05) is 35.7 Å². The van der Waals surface area contributed by atoms with Gasteiger partial charge in [-0.3, -0.25) is 4.79 Å². The molecule has 1 saturated heterocycles. The molecule has 0 saturated carbocycles. The zero-order chi connectivity index (χ0) is 18.3. The fraction of sp³-hybridized carbons (Fsp3) is 0.611. The second-order valence-corrected chi connectivity index (χ2v) is 9.12. The van der Waals surface area contributed by atoms with E-state index in [1.165, 1.54) is 27.6 Å². The van der Waals surface area contributed by atoms with Gasteiger partial charge in [0.2, 0.25) is 5.75 Å². The van der Waals surface area contributed by atoms with E-state index in [0.717, 1.165) is 36.3 Å². The average molecular weight is 387 g/mol. The van der Waals surface area contributed by atoms with Crippen LogP contribution in [-0.4, -0.2) is 47.5 Å². The number of hydrogen-bond acceptors (Lipinski definition) is 7. The van der Waals surface area contributed by atoms with Crippen LogP contribution in [0.15, 0.2) is 12.1 Å². The Bertz CT molecular complexity index is 560. The summed E-state index contributed by atoms with van der Waals surface area (Å²) < 4.78 is 15.7. The Kier molecular flexibility index (Phi) is 7.62. The Balaban J connectivity index is 2.08. The van der Waals surface area contributed by atoms with Crippen LogP contribution in [-0.2, 0) is 16.0 Å². The first kappa shape index (κ1) is 20.1. The molecule has 1 aromatic rings. The van der Waals surface area contributed by atoms with Crippen LogP contribution in [0.3, 0.4) is 0 Å². The molecule has 1 fully saturated rings. The molecule has 1 aliphatic rings. The minimum atomic E-state index is -0.228. The van der Waals surface area contributed by atoms with E-state index >= 15 is 0 Å². The third-order valence-electron chi connectivity index (χ3n) is 4.14. The summed E-state index contributed by atoms with van der Waals surface area (Å²) in [5.41, 5.74) is 1.06. The topological polar surface area (TPSA) is 65.0 Å². The van der Waals surface area contributed by atoms with E-state index in [4.69, 9.17) is 14.2 Å². The van der Waals surface area contributed by atoms with Crippen molar-refractivity contribution in [1.29, 1.82) is 0 Å². The van der Waals surface area contributed by atoms with Gasteiger partial charge in [-0.15, -0.1) is 23.5 Å². The van der Waals surface area contributed by atoms with E-state index in [2.05, 4.69) is 0 Å². The summed E-state index contributed by atoms with van der Waals surface area (Å²) >= 11 is 3.93.